The second-order valence-electron chi connectivity index (χ2n) is 7.58. The van der Waals surface area contributed by atoms with E-state index in [9.17, 15) is 14.9 Å². The van der Waals surface area contributed by atoms with Crippen LogP contribution in [0.15, 0.2) is 18.2 Å². The van der Waals surface area contributed by atoms with Gasteiger partial charge in [0.2, 0.25) is 0 Å². The molecular weight excluding hydrogens is 348 g/mol. The Kier molecular flexibility index (Phi) is 6.28. The minimum atomic E-state index is -0.438. The molecule has 2 fully saturated rings. The lowest BCUT2D eigenvalue weighted by atomic mass is 10.0. The van der Waals surface area contributed by atoms with Gasteiger partial charge in [0.15, 0.2) is 0 Å². The SMILES string of the molecule is CC(C)[C@@H](CNC(=O)c1ccc(NC2CC2)c([N+](=O)[O-])c1)N1CCOCC1. The van der Waals surface area contributed by atoms with Crippen LogP contribution in [0.4, 0.5) is 11.4 Å². The lowest BCUT2D eigenvalue weighted by Crippen LogP contribution is -2.51. The molecular formula is C19H28N4O4. The molecule has 1 aliphatic carbocycles. The highest BCUT2D eigenvalue weighted by molar-refractivity contribution is 5.95. The standard InChI is InChI=1S/C19H28N4O4/c1-13(2)18(22-7-9-27-10-8-22)12-20-19(24)14-3-6-16(21-15-4-5-15)17(11-14)23(25)26/h3,6,11,13,15,18,21H,4-5,7-10,12H2,1-2H3,(H,20,24)/t18-/m1/s1. The van der Waals surface area contributed by atoms with E-state index < -0.39 is 4.92 Å². The molecule has 0 radical (unpaired) electrons. The fourth-order valence-corrected chi connectivity index (χ4v) is 3.39. The normalized spacial score (nSPS) is 18.9. The van der Waals surface area contributed by atoms with Gasteiger partial charge >= 0.3 is 0 Å². The first kappa shape index (κ1) is 19.6. The summed E-state index contributed by atoms with van der Waals surface area (Å²) in [6.45, 7) is 7.90. The summed E-state index contributed by atoms with van der Waals surface area (Å²) >= 11 is 0. The number of benzene rings is 1. The number of ether oxygens (including phenoxy) is 1. The highest BCUT2D eigenvalue weighted by atomic mass is 16.6. The molecule has 1 atom stereocenters. The molecule has 1 aliphatic heterocycles. The summed E-state index contributed by atoms with van der Waals surface area (Å²) in [5.41, 5.74) is 0.739. The number of hydrogen-bond donors (Lipinski definition) is 2. The van der Waals surface area contributed by atoms with Gasteiger partial charge in [0, 0.05) is 43.3 Å². The maximum atomic E-state index is 12.6. The molecule has 148 valence electrons. The zero-order chi connectivity index (χ0) is 19.4. The third kappa shape index (κ3) is 5.17. The average molecular weight is 376 g/mol. The van der Waals surface area contributed by atoms with E-state index in [1.54, 1.807) is 12.1 Å². The van der Waals surface area contributed by atoms with Crippen molar-refractivity contribution < 1.29 is 14.5 Å². The van der Waals surface area contributed by atoms with Crippen molar-refractivity contribution in [2.24, 2.45) is 5.92 Å². The van der Waals surface area contributed by atoms with Crippen LogP contribution in [0.3, 0.4) is 0 Å². The summed E-state index contributed by atoms with van der Waals surface area (Å²) in [6.07, 6.45) is 2.05. The third-order valence-electron chi connectivity index (χ3n) is 5.15. The Bertz CT molecular complexity index is 684. The number of nitro groups is 1. The monoisotopic (exact) mass is 376 g/mol. The summed E-state index contributed by atoms with van der Waals surface area (Å²) in [4.78, 5) is 25.8. The zero-order valence-electron chi connectivity index (χ0n) is 15.9. The summed E-state index contributed by atoms with van der Waals surface area (Å²) in [5.74, 6) is 0.0952. The van der Waals surface area contributed by atoms with Gasteiger partial charge in [-0.2, -0.15) is 0 Å². The van der Waals surface area contributed by atoms with Crippen molar-refractivity contribution in [3.05, 3.63) is 33.9 Å². The van der Waals surface area contributed by atoms with Gasteiger partial charge in [-0.1, -0.05) is 13.8 Å². The van der Waals surface area contributed by atoms with Crippen LogP contribution in [-0.2, 0) is 4.74 Å². The van der Waals surface area contributed by atoms with Crippen molar-refractivity contribution in [2.45, 2.75) is 38.8 Å². The van der Waals surface area contributed by atoms with Crippen LogP contribution in [0.2, 0.25) is 0 Å². The number of amides is 1. The smallest absolute Gasteiger partial charge is 0.293 e. The predicted molar refractivity (Wildman–Crippen MR) is 103 cm³/mol. The molecule has 1 aromatic rings. The van der Waals surface area contributed by atoms with Gasteiger partial charge in [-0.25, -0.2) is 0 Å². The van der Waals surface area contributed by atoms with E-state index in [1.807, 2.05) is 0 Å². The van der Waals surface area contributed by atoms with Crippen molar-refractivity contribution in [2.75, 3.05) is 38.2 Å². The number of nitrogens with one attached hydrogen (secondary N) is 2. The van der Waals surface area contributed by atoms with Gasteiger partial charge in [-0.15, -0.1) is 0 Å². The van der Waals surface area contributed by atoms with Crippen molar-refractivity contribution >= 4 is 17.3 Å². The molecule has 8 nitrogen and oxygen atoms in total. The highest BCUT2D eigenvalue weighted by Crippen LogP contribution is 2.31. The van der Waals surface area contributed by atoms with Crippen LogP contribution in [0.5, 0.6) is 0 Å². The summed E-state index contributed by atoms with van der Waals surface area (Å²) in [5, 5.41) is 17.5. The topological polar surface area (TPSA) is 96.7 Å². The Hall–Kier alpha value is -2.19. The lowest BCUT2D eigenvalue weighted by Gasteiger charge is -2.36. The molecule has 0 bridgehead atoms. The number of anilines is 1. The number of carbonyl (C=O) groups is 1. The second kappa shape index (κ2) is 8.67. The maximum absolute atomic E-state index is 12.6. The Morgan fingerprint density at radius 2 is 2.04 bits per heavy atom. The van der Waals surface area contributed by atoms with Crippen molar-refractivity contribution in [1.29, 1.82) is 0 Å². The first-order valence-corrected chi connectivity index (χ1v) is 9.60. The van der Waals surface area contributed by atoms with E-state index in [0.29, 0.717) is 43.0 Å². The Balaban J connectivity index is 1.65. The van der Waals surface area contributed by atoms with Gasteiger partial charge < -0.3 is 15.4 Å². The van der Waals surface area contributed by atoms with Crippen molar-refractivity contribution in [3.63, 3.8) is 0 Å². The average Bonchev–Trinajstić information content (AvgIpc) is 3.46. The fraction of sp³-hybridized carbons (Fsp3) is 0.632. The molecule has 3 rings (SSSR count). The number of nitrogens with zero attached hydrogens (tertiary/aromatic N) is 2. The molecule has 1 saturated heterocycles. The van der Waals surface area contributed by atoms with Gasteiger partial charge in [-0.05, 0) is 30.9 Å². The number of carbonyl (C=O) groups excluding carboxylic acids is 1. The van der Waals surface area contributed by atoms with E-state index in [2.05, 4.69) is 29.4 Å². The zero-order valence-corrected chi connectivity index (χ0v) is 15.9. The van der Waals surface area contributed by atoms with Crippen molar-refractivity contribution in [1.82, 2.24) is 10.2 Å². The fourth-order valence-electron chi connectivity index (χ4n) is 3.39. The number of rotatable bonds is 8. The van der Waals surface area contributed by atoms with Crippen LogP contribution in [-0.4, -0.2) is 60.7 Å². The molecule has 0 spiro atoms. The van der Waals surface area contributed by atoms with Gasteiger partial charge in [0.25, 0.3) is 11.6 Å². The molecule has 2 N–H and O–H groups in total. The molecule has 0 aromatic heterocycles. The molecule has 8 heteroatoms. The van der Waals surface area contributed by atoms with Crippen LogP contribution < -0.4 is 10.6 Å². The first-order valence-electron chi connectivity index (χ1n) is 9.60. The maximum Gasteiger partial charge on any atom is 0.293 e. The second-order valence-corrected chi connectivity index (χ2v) is 7.58. The van der Waals surface area contributed by atoms with Crippen molar-refractivity contribution in [3.8, 4) is 0 Å². The van der Waals surface area contributed by atoms with Crippen LogP contribution in [0.25, 0.3) is 0 Å². The summed E-state index contributed by atoms with van der Waals surface area (Å²) < 4.78 is 5.40. The quantitative estimate of drug-likeness (QED) is 0.534. The third-order valence-corrected chi connectivity index (χ3v) is 5.15. The first-order chi connectivity index (χ1) is 13.0. The van der Waals surface area contributed by atoms with Crippen LogP contribution in [0.1, 0.15) is 37.0 Å². The minimum Gasteiger partial charge on any atom is -0.379 e. The minimum absolute atomic E-state index is 0.0526. The van der Waals surface area contributed by atoms with Crippen LogP contribution >= 0.6 is 0 Å². The molecule has 0 unspecified atom stereocenters. The Morgan fingerprint density at radius 3 is 2.63 bits per heavy atom. The molecule has 1 amide bonds. The number of morpholine rings is 1. The summed E-state index contributed by atoms with van der Waals surface area (Å²) in [6, 6.07) is 5.16. The summed E-state index contributed by atoms with van der Waals surface area (Å²) in [7, 11) is 0. The van der Waals surface area contributed by atoms with Gasteiger partial charge in [0.1, 0.15) is 5.69 Å². The van der Waals surface area contributed by atoms with Gasteiger partial charge in [0.05, 0.1) is 18.1 Å². The van der Waals surface area contributed by atoms with E-state index in [0.717, 1.165) is 25.9 Å². The Labute approximate surface area is 159 Å². The number of nitro benzene ring substituents is 1. The highest BCUT2D eigenvalue weighted by Gasteiger charge is 2.27. The predicted octanol–water partition coefficient (Wildman–Crippen LogP) is 2.26. The molecule has 1 saturated carbocycles. The number of hydrogen-bond acceptors (Lipinski definition) is 6. The van der Waals surface area contributed by atoms with E-state index in [1.165, 1.54) is 6.07 Å². The van der Waals surface area contributed by atoms with Crippen LogP contribution in [0, 0.1) is 16.0 Å². The Morgan fingerprint density at radius 1 is 1.33 bits per heavy atom. The molecule has 1 aromatic carbocycles. The molecule has 1 heterocycles. The van der Waals surface area contributed by atoms with E-state index in [-0.39, 0.29) is 17.6 Å². The molecule has 2 aliphatic rings. The van der Waals surface area contributed by atoms with Gasteiger partial charge in [-0.3, -0.25) is 19.8 Å². The lowest BCUT2D eigenvalue weighted by molar-refractivity contribution is -0.384. The molecule has 27 heavy (non-hydrogen) atoms. The largest absolute Gasteiger partial charge is 0.379 e. The van der Waals surface area contributed by atoms with E-state index in [4.69, 9.17) is 4.74 Å². The van der Waals surface area contributed by atoms with E-state index >= 15 is 0 Å².